The van der Waals surface area contributed by atoms with Gasteiger partial charge in [-0.3, -0.25) is 14.4 Å². The number of hydrogen-bond donors (Lipinski definition) is 3. The summed E-state index contributed by atoms with van der Waals surface area (Å²) in [6, 6.07) is -0.373. The van der Waals surface area contributed by atoms with Gasteiger partial charge < -0.3 is 20.5 Å². The van der Waals surface area contributed by atoms with Crippen LogP contribution in [0.4, 0.5) is 0 Å². The Morgan fingerprint density at radius 3 is 2.43 bits per heavy atom. The third kappa shape index (κ3) is 12.3. The predicted octanol–water partition coefficient (Wildman–Crippen LogP) is 2.25. The van der Waals surface area contributed by atoms with E-state index in [0.29, 0.717) is 12.8 Å². The molecule has 0 aromatic rings. The first-order valence-corrected chi connectivity index (χ1v) is 9.74. The molecule has 3 N–H and O–H groups in total. The second-order valence-corrected chi connectivity index (χ2v) is 7.64. The number of esters is 1. The van der Waals surface area contributed by atoms with Crippen molar-refractivity contribution < 1.29 is 24.2 Å². The van der Waals surface area contributed by atoms with E-state index >= 15 is 0 Å². The van der Waals surface area contributed by atoms with Crippen LogP contribution in [0.25, 0.3) is 0 Å². The molecule has 0 aliphatic heterocycles. The molecule has 7 nitrogen and oxygen atoms in total. The largest absolute Gasteiger partial charge is 0.463 e. The maximum Gasteiger partial charge on any atom is 0.305 e. The van der Waals surface area contributed by atoms with Crippen LogP contribution in [-0.2, 0) is 19.1 Å². The van der Waals surface area contributed by atoms with E-state index in [1.807, 2.05) is 6.08 Å². The number of rotatable bonds is 15. The first-order valence-electron chi connectivity index (χ1n) is 9.74. The molecule has 0 saturated heterocycles. The lowest BCUT2D eigenvalue weighted by Gasteiger charge is -2.28. The van der Waals surface area contributed by atoms with Crippen LogP contribution in [0.15, 0.2) is 25.3 Å². The van der Waals surface area contributed by atoms with Crippen LogP contribution in [0.3, 0.4) is 0 Å². The lowest BCUT2D eigenvalue weighted by Crippen LogP contribution is -2.50. The molecule has 2 unspecified atom stereocenters. The molecule has 160 valence electrons. The Bertz CT molecular complexity index is 531. The Balaban J connectivity index is 4.56. The third-order valence-corrected chi connectivity index (χ3v) is 4.03. The quantitative estimate of drug-likeness (QED) is 0.224. The van der Waals surface area contributed by atoms with E-state index in [2.05, 4.69) is 23.8 Å². The average Bonchev–Trinajstić information content (AvgIpc) is 2.62. The number of aliphatic hydroxyl groups excluding tert-OH is 1. The molecule has 0 heterocycles. The molecule has 0 radical (unpaired) electrons. The zero-order valence-corrected chi connectivity index (χ0v) is 17.5. The highest BCUT2D eigenvalue weighted by Crippen LogP contribution is 2.14. The third-order valence-electron chi connectivity index (χ3n) is 4.03. The molecule has 0 fully saturated rings. The zero-order chi connectivity index (χ0) is 21.6. The van der Waals surface area contributed by atoms with Crippen molar-refractivity contribution in [2.45, 2.75) is 70.9 Å². The lowest BCUT2D eigenvalue weighted by molar-refractivity contribution is -0.147. The molecule has 0 aromatic heterocycles. The molecule has 7 heteroatoms. The van der Waals surface area contributed by atoms with Gasteiger partial charge in [0, 0.05) is 18.9 Å². The van der Waals surface area contributed by atoms with Crippen LogP contribution in [0, 0.1) is 5.92 Å². The fourth-order valence-corrected chi connectivity index (χ4v) is 2.45. The summed E-state index contributed by atoms with van der Waals surface area (Å²) in [5.41, 5.74) is -0.762. The van der Waals surface area contributed by atoms with Crippen molar-refractivity contribution in [2.75, 3.05) is 13.2 Å². The number of carbonyl (C=O) groups excluding carboxylic acids is 3. The lowest BCUT2D eigenvalue weighted by atomic mass is 9.97. The van der Waals surface area contributed by atoms with Crippen molar-refractivity contribution in [3.8, 4) is 0 Å². The van der Waals surface area contributed by atoms with Gasteiger partial charge in [0.15, 0.2) is 0 Å². The Hall–Kier alpha value is -2.15. The number of nitrogens with one attached hydrogen (secondary N) is 2. The van der Waals surface area contributed by atoms with Crippen molar-refractivity contribution in [1.29, 1.82) is 0 Å². The molecule has 28 heavy (non-hydrogen) atoms. The fraction of sp³-hybridized carbons (Fsp3) is 0.667. The Kier molecular flexibility index (Phi) is 12.9. The van der Waals surface area contributed by atoms with E-state index < -0.39 is 11.5 Å². The number of aliphatic hydroxyl groups is 1. The standard InChI is InChI=1S/C21H36N2O5/c1-6-8-9-10-12-19(26)28-15-21(4,5)23-20(27)17(11-7-2)13-18(25)22-16(3)14-24/h6-7,16-17,24H,1-2,8-15H2,3-5H3,(H,22,25)(H,23,27). The molecule has 0 aromatic carbocycles. The second-order valence-electron chi connectivity index (χ2n) is 7.64. The van der Waals surface area contributed by atoms with Gasteiger partial charge in [-0.1, -0.05) is 12.2 Å². The van der Waals surface area contributed by atoms with Crippen LogP contribution in [0.5, 0.6) is 0 Å². The number of allylic oxidation sites excluding steroid dienone is 2. The van der Waals surface area contributed by atoms with Crippen molar-refractivity contribution in [3.05, 3.63) is 25.3 Å². The Morgan fingerprint density at radius 2 is 1.86 bits per heavy atom. The Labute approximate surface area is 168 Å². The first-order chi connectivity index (χ1) is 13.1. The van der Waals surface area contributed by atoms with Gasteiger partial charge in [0.2, 0.25) is 11.8 Å². The van der Waals surface area contributed by atoms with Gasteiger partial charge in [-0.2, -0.15) is 0 Å². The van der Waals surface area contributed by atoms with Gasteiger partial charge in [-0.25, -0.2) is 0 Å². The number of amides is 2. The summed E-state index contributed by atoms with van der Waals surface area (Å²) in [5.74, 6) is -1.50. The van der Waals surface area contributed by atoms with Crippen LogP contribution < -0.4 is 10.6 Å². The maximum absolute atomic E-state index is 12.6. The van der Waals surface area contributed by atoms with E-state index in [-0.39, 0.29) is 43.5 Å². The van der Waals surface area contributed by atoms with E-state index in [0.717, 1.165) is 19.3 Å². The number of unbranched alkanes of at least 4 members (excludes halogenated alkanes) is 2. The fourth-order valence-electron chi connectivity index (χ4n) is 2.45. The van der Waals surface area contributed by atoms with E-state index in [9.17, 15) is 14.4 Å². The van der Waals surface area contributed by atoms with Crippen LogP contribution in [0.1, 0.15) is 59.3 Å². The molecule has 0 bridgehead atoms. The van der Waals surface area contributed by atoms with Gasteiger partial charge in [0.1, 0.15) is 6.61 Å². The minimum absolute atomic E-state index is 0.0125. The number of carbonyl (C=O) groups is 3. The van der Waals surface area contributed by atoms with E-state index in [1.165, 1.54) is 0 Å². The highest BCUT2D eigenvalue weighted by molar-refractivity contribution is 5.86. The molecular formula is C21H36N2O5. The maximum atomic E-state index is 12.6. The first kappa shape index (κ1) is 25.9. The van der Waals surface area contributed by atoms with Crippen molar-refractivity contribution in [2.24, 2.45) is 5.92 Å². The summed E-state index contributed by atoms with van der Waals surface area (Å²) in [6.07, 6.45) is 6.55. The second kappa shape index (κ2) is 13.9. The molecule has 0 spiro atoms. The smallest absolute Gasteiger partial charge is 0.305 e. The molecule has 0 rings (SSSR count). The molecule has 0 aliphatic carbocycles. The molecule has 0 aliphatic rings. The highest BCUT2D eigenvalue weighted by Gasteiger charge is 2.28. The van der Waals surface area contributed by atoms with E-state index in [4.69, 9.17) is 9.84 Å². The monoisotopic (exact) mass is 396 g/mol. The summed E-state index contributed by atoms with van der Waals surface area (Å²) in [5, 5.41) is 14.5. The summed E-state index contributed by atoms with van der Waals surface area (Å²) in [6.45, 7) is 12.3. The van der Waals surface area contributed by atoms with Crippen molar-refractivity contribution in [1.82, 2.24) is 10.6 Å². The van der Waals surface area contributed by atoms with Crippen molar-refractivity contribution >= 4 is 17.8 Å². The predicted molar refractivity (Wildman–Crippen MR) is 109 cm³/mol. The molecule has 0 saturated carbocycles. The minimum atomic E-state index is -0.762. The molecule has 2 amide bonds. The highest BCUT2D eigenvalue weighted by atomic mass is 16.5. The summed E-state index contributed by atoms with van der Waals surface area (Å²) >= 11 is 0. The normalized spacial score (nSPS) is 13.1. The van der Waals surface area contributed by atoms with Crippen LogP contribution >= 0.6 is 0 Å². The average molecular weight is 397 g/mol. The minimum Gasteiger partial charge on any atom is -0.463 e. The summed E-state index contributed by atoms with van der Waals surface area (Å²) in [7, 11) is 0. The SMILES string of the molecule is C=CCCCCC(=O)OCC(C)(C)NC(=O)C(CC=C)CC(=O)NC(C)CO. The number of ether oxygens (including phenoxy) is 1. The summed E-state index contributed by atoms with van der Waals surface area (Å²) < 4.78 is 5.27. The van der Waals surface area contributed by atoms with Gasteiger partial charge in [0.05, 0.1) is 18.1 Å². The van der Waals surface area contributed by atoms with Gasteiger partial charge in [-0.05, 0) is 46.5 Å². The van der Waals surface area contributed by atoms with Crippen LogP contribution in [0.2, 0.25) is 0 Å². The van der Waals surface area contributed by atoms with Gasteiger partial charge in [0.25, 0.3) is 0 Å². The molecular weight excluding hydrogens is 360 g/mol. The van der Waals surface area contributed by atoms with Crippen LogP contribution in [-0.4, -0.2) is 47.7 Å². The Morgan fingerprint density at radius 1 is 1.18 bits per heavy atom. The van der Waals surface area contributed by atoms with Gasteiger partial charge in [-0.15, -0.1) is 13.2 Å². The summed E-state index contributed by atoms with van der Waals surface area (Å²) in [4.78, 5) is 36.4. The van der Waals surface area contributed by atoms with Crippen molar-refractivity contribution in [3.63, 3.8) is 0 Å². The van der Waals surface area contributed by atoms with E-state index in [1.54, 1.807) is 26.8 Å². The number of hydrogen-bond acceptors (Lipinski definition) is 5. The molecule has 2 atom stereocenters. The topological polar surface area (TPSA) is 105 Å². The zero-order valence-electron chi connectivity index (χ0n) is 17.5. The van der Waals surface area contributed by atoms with Gasteiger partial charge >= 0.3 is 5.97 Å².